The van der Waals surface area contributed by atoms with Gasteiger partial charge in [-0.25, -0.2) is 9.97 Å². The van der Waals surface area contributed by atoms with Gasteiger partial charge in [0.05, 0.1) is 18.1 Å². The van der Waals surface area contributed by atoms with Crippen molar-refractivity contribution in [3.05, 3.63) is 12.4 Å². The quantitative estimate of drug-likeness (QED) is 0.873. The molecular formula is C13H23N5. The minimum Gasteiger partial charge on any atom is -0.368 e. The summed E-state index contributed by atoms with van der Waals surface area (Å²) >= 11 is 0. The van der Waals surface area contributed by atoms with E-state index in [1.54, 1.807) is 0 Å². The van der Waals surface area contributed by atoms with Gasteiger partial charge in [0.15, 0.2) is 0 Å². The Hall–Kier alpha value is -1.36. The third-order valence-electron chi connectivity index (χ3n) is 3.57. The summed E-state index contributed by atoms with van der Waals surface area (Å²) in [5.41, 5.74) is 6.64. The van der Waals surface area contributed by atoms with E-state index >= 15 is 0 Å². The lowest BCUT2D eigenvalue weighted by Crippen LogP contribution is -2.52. The standard InChI is InChI=1S/C13H23N5/c1-3-4-5-11-10-17(2)6-7-18(11)12-8-15-13(14)16-9-12/h8-9,11H,3-7,10H2,1-2H3,(H2,14,15,16). The Kier molecular flexibility index (Phi) is 4.36. The van der Waals surface area contributed by atoms with Crippen LogP contribution in [0, 0.1) is 0 Å². The van der Waals surface area contributed by atoms with Crippen molar-refractivity contribution in [2.24, 2.45) is 0 Å². The van der Waals surface area contributed by atoms with Crippen molar-refractivity contribution in [2.75, 3.05) is 37.3 Å². The van der Waals surface area contributed by atoms with Gasteiger partial charge in [-0.1, -0.05) is 19.8 Å². The number of anilines is 2. The van der Waals surface area contributed by atoms with Crippen LogP contribution in [0.5, 0.6) is 0 Å². The molecule has 0 aromatic carbocycles. The van der Waals surface area contributed by atoms with Crippen LogP contribution in [-0.2, 0) is 0 Å². The summed E-state index contributed by atoms with van der Waals surface area (Å²) in [6.07, 6.45) is 7.42. The molecule has 0 aliphatic carbocycles. The van der Waals surface area contributed by atoms with E-state index in [0.717, 1.165) is 25.3 Å². The molecule has 1 saturated heterocycles. The van der Waals surface area contributed by atoms with Gasteiger partial charge in [0, 0.05) is 25.7 Å². The predicted octanol–water partition coefficient (Wildman–Crippen LogP) is 1.37. The Bertz CT molecular complexity index is 364. The van der Waals surface area contributed by atoms with E-state index in [9.17, 15) is 0 Å². The molecule has 2 heterocycles. The molecule has 1 aliphatic rings. The summed E-state index contributed by atoms with van der Waals surface area (Å²) in [5.74, 6) is 0.345. The van der Waals surface area contributed by atoms with E-state index < -0.39 is 0 Å². The number of nitrogen functional groups attached to an aromatic ring is 1. The molecule has 0 radical (unpaired) electrons. The molecule has 2 rings (SSSR count). The highest BCUT2D eigenvalue weighted by molar-refractivity contribution is 5.45. The van der Waals surface area contributed by atoms with Crippen LogP contribution < -0.4 is 10.6 Å². The number of aromatic nitrogens is 2. The molecule has 18 heavy (non-hydrogen) atoms. The van der Waals surface area contributed by atoms with Crippen LogP contribution in [0.25, 0.3) is 0 Å². The fourth-order valence-electron chi connectivity index (χ4n) is 2.52. The molecule has 1 unspecified atom stereocenters. The van der Waals surface area contributed by atoms with Crippen molar-refractivity contribution >= 4 is 11.6 Å². The highest BCUT2D eigenvalue weighted by atomic mass is 15.3. The smallest absolute Gasteiger partial charge is 0.220 e. The Morgan fingerprint density at radius 1 is 1.33 bits per heavy atom. The van der Waals surface area contributed by atoms with Gasteiger partial charge in [0.1, 0.15) is 0 Å². The van der Waals surface area contributed by atoms with Crippen LogP contribution in [0.15, 0.2) is 12.4 Å². The van der Waals surface area contributed by atoms with Crippen LogP contribution in [0.3, 0.4) is 0 Å². The number of unbranched alkanes of at least 4 members (excludes halogenated alkanes) is 1. The van der Waals surface area contributed by atoms with E-state index in [4.69, 9.17) is 5.73 Å². The number of likely N-dealkylation sites (N-methyl/N-ethyl adjacent to an activating group) is 1. The minimum atomic E-state index is 0.345. The number of rotatable bonds is 4. The first kappa shape index (κ1) is 13.1. The third kappa shape index (κ3) is 3.10. The van der Waals surface area contributed by atoms with Crippen LogP contribution in [0.1, 0.15) is 26.2 Å². The molecule has 1 atom stereocenters. The lowest BCUT2D eigenvalue weighted by molar-refractivity contribution is 0.258. The van der Waals surface area contributed by atoms with Crippen molar-refractivity contribution < 1.29 is 0 Å². The van der Waals surface area contributed by atoms with Gasteiger partial charge in [0.2, 0.25) is 5.95 Å². The van der Waals surface area contributed by atoms with E-state index in [2.05, 4.69) is 33.7 Å². The summed E-state index contributed by atoms with van der Waals surface area (Å²) in [5, 5.41) is 0. The van der Waals surface area contributed by atoms with E-state index in [0.29, 0.717) is 12.0 Å². The van der Waals surface area contributed by atoms with Crippen molar-refractivity contribution in [2.45, 2.75) is 32.2 Å². The highest BCUT2D eigenvalue weighted by Crippen LogP contribution is 2.22. The molecule has 0 saturated carbocycles. The van der Waals surface area contributed by atoms with Crippen molar-refractivity contribution in [1.29, 1.82) is 0 Å². The van der Waals surface area contributed by atoms with Gasteiger partial charge in [-0.15, -0.1) is 0 Å². The zero-order chi connectivity index (χ0) is 13.0. The molecule has 5 nitrogen and oxygen atoms in total. The zero-order valence-electron chi connectivity index (χ0n) is 11.3. The molecule has 1 aromatic rings. The summed E-state index contributed by atoms with van der Waals surface area (Å²) in [4.78, 5) is 13.0. The van der Waals surface area contributed by atoms with Gasteiger partial charge in [-0.3, -0.25) is 0 Å². The molecule has 2 N–H and O–H groups in total. The minimum absolute atomic E-state index is 0.345. The monoisotopic (exact) mass is 249 g/mol. The van der Waals surface area contributed by atoms with Crippen LogP contribution in [0.2, 0.25) is 0 Å². The molecular weight excluding hydrogens is 226 g/mol. The number of hydrogen-bond donors (Lipinski definition) is 1. The summed E-state index contributed by atoms with van der Waals surface area (Å²) in [6, 6.07) is 0.566. The maximum atomic E-state index is 5.54. The average molecular weight is 249 g/mol. The maximum Gasteiger partial charge on any atom is 0.220 e. The number of nitrogens with two attached hydrogens (primary N) is 1. The first-order valence-electron chi connectivity index (χ1n) is 6.73. The molecule has 1 aliphatic heterocycles. The lowest BCUT2D eigenvalue weighted by Gasteiger charge is -2.41. The summed E-state index contributed by atoms with van der Waals surface area (Å²) in [6.45, 7) is 5.48. The van der Waals surface area contributed by atoms with E-state index in [-0.39, 0.29) is 0 Å². The molecule has 100 valence electrons. The SMILES string of the molecule is CCCCC1CN(C)CCN1c1cnc(N)nc1. The molecule has 1 fully saturated rings. The zero-order valence-corrected chi connectivity index (χ0v) is 11.3. The predicted molar refractivity (Wildman–Crippen MR) is 74.6 cm³/mol. The number of nitrogens with zero attached hydrogens (tertiary/aromatic N) is 4. The maximum absolute atomic E-state index is 5.54. The van der Waals surface area contributed by atoms with Crippen molar-refractivity contribution in [3.8, 4) is 0 Å². The Morgan fingerprint density at radius 2 is 2.06 bits per heavy atom. The van der Waals surface area contributed by atoms with Crippen molar-refractivity contribution in [3.63, 3.8) is 0 Å². The Labute approximate surface area is 109 Å². The first-order valence-corrected chi connectivity index (χ1v) is 6.73. The molecule has 0 spiro atoms. The second-order valence-corrected chi connectivity index (χ2v) is 5.05. The second-order valence-electron chi connectivity index (χ2n) is 5.05. The van der Waals surface area contributed by atoms with Gasteiger partial charge >= 0.3 is 0 Å². The van der Waals surface area contributed by atoms with E-state index in [1.807, 2.05) is 12.4 Å². The number of hydrogen-bond acceptors (Lipinski definition) is 5. The van der Waals surface area contributed by atoms with Crippen LogP contribution in [0.4, 0.5) is 11.6 Å². The van der Waals surface area contributed by atoms with Crippen LogP contribution in [-0.4, -0.2) is 47.6 Å². The fraction of sp³-hybridized carbons (Fsp3) is 0.692. The third-order valence-corrected chi connectivity index (χ3v) is 3.57. The molecule has 0 bridgehead atoms. The topological polar surface area (TPSA) is 58.3 Å². The summed E-state index contributed by atoms with van der Waals surface area (Å²) < 4.78 is 0. The van der Waals surface area contributed by atoms with Gasteiger partial charge < -0.3 is 15.5 Å². The lowest BCUT2D eigenvalue weighted by atomic mass is 10.0. The normalized spacial score (nSPS) is 21.2. The van der Waals surface area contributed by atoms with Crippen molar-refractivity contribution in [1.82, 2.24) is 14.9 Å². The largest absolute Gasteiger partial charge is 0.368 e. The molecule has 5 heteroatoms. The highest BCUT2D eigenvalue weighted by Gasteiger charge is 2.25. The van der Waals surface area contributed by atoms with E-state index in [1.165, 1.54) is 19.3 Å². The van der Waals surface area contributed by atoms with Gasteiger partial charge in [0.25, 0.3) is 0 Å². The Morgan fingerprint density at radius 3 is 2.72 bits per heavy atom. The van der Waals surface area contributed by atoms with Gasteiger partial charge in [-0.05, 0) is 13.5 Å². The average Bonchev–Trinajstić information content (AvgIpc) is 2.38. The second kappa shape index (κ2) is 6.00. The fourth-order valence-corrected chi connectivity index (χ4v) is 2.52. The summed E-state index contributed by atoms with van der Waals surface area (Å²) in [7, 11) is 2.19. The van der Waals surface area contributed by atoms with Gasteiger partial charge in [-0.2, -0.15) is 0 Å². The Balaban J connectivity index is 2.09. The molecule has 0 amide bonds. The van der Waals surface area contributed by atoms with Crippen LogP contribution >= 0.6 is 0 Å². The molecule has 1 aromatic heterocycles. The number of piperazine rings is 1. The first-order chi connectivity index (χ1) is 8.70.